The zero-order valence-corrected chi connectivity index (χ0v) is 12.6. The van der Waals surface area contributed by atoms with Crippen molar-refractivity contribution in [3.8, 4) is 11.5 Å². The number of rotatable bonds is 4. The topological polar surface area (TPSA) is 51.0 Å². The highest BCUT2D eigenvalue weighted by molar-refractivity contribution is 6.30. The third-order valence-electron chi connectivity index (χ3n) is 3.46. The van der Waals surface area contributed by atoms with Gasteiger partial charge in [0, 0.05) is 16.6 Å². The van der Waals surface area contributed by atoms with E-state index in [9.17, 15) is 0 Å². The highest BCUT2D eigenvalue weighted by atomic mass is 35.5. The molecule has 4 nitrogen and oxygen atoms in total. The van der Waals surface area contributed by atoms with Crippen molar-refractivity contribution < 1.29 is 4.42 Å². The molecule has 0 bridgehead atoms. The molecular formula is C14H17Cl2N3O. The van der Waals surface area contributed by atoms with Crippen molar-refractivity contribution >= 4 is 24.0 Å². The number of halogens is 2. The molecule has 1 aromatic carbocycles. The number of hydrogen-bond acceptors (Lipinski definition) is 4. The van der Waals surface area contributed by atoms with Crippen LogP contribution in [0.5, 0.6) is 0 Å². The Balaban J connectivity index is 0.00000147. The van der Waals surface area contributed by atoms with Gasteiger partial charge in [-0.15, -0.1) is 22.6 Å². The molecule has 1 heterocycles. The SMILES string of the molecule is Cl.Clc1ccc(-c2nnc(CNC3CCCC3)o2)cc1. The van der Waals surface area contributed by atoms with Gasteiger partial charge in [-0.2, -0.15) is 0 Å². The van der Waals surface area contributed by atoms with E-state index >= 15 is 0 Å². The molecule has 2 aromatic rings. The largest absolute Gasteiger partial charge is 0.419 e. The highest BCUT2D eigenvalue weighted by Crippen LogP contribution is 2.21. The minimum atomic E-state index is 0. The van der Waals surface area contributed by atoms with Crippen LogP contribution >= 0.6 is 24.0 Å². The molecular weight excluding hydrogens is 297 g/mol. The van der Waals surface area contributed by atoms with Gasteiger partial charge in [0.2, 0.25) is 11.8 Å². The Labute approximate surface area is 129 Å². The second-order valence-corrected chi connectivity index (χ2v) is 5.31. The van der Waals surface area contributed by atoms with Gasteiger partial charge in [-0.3, -0.25) is 0 Å². The second kappa shape index (κ2) is 7.07. The van der Waals surface area contributed by atoms with Crippen LogP contribution in [0.3, 0.4) is 0 Å². The van der Waals surface area contributed by atoms with Gasteiger partial charge in [-0.05, 0) is 37.1 Å². The smallest absolute Gasteiger partial charge is 0.247 e. The maximum absolute atomic E-state index is 5.85. The predicted octanol–water partition coefficient (Wildman–Crippen LogP) is 3.84. The third kappa shape index (κ3) is 3.72. The Kier molecular flexibility index (Phi) is 5.40. The zero-order chi connectivity index (χ0) is 13.1. The molecule has 1 aliphatic rings. The van der Waals surface area contributed by atoms with E-state index in [0.717, 1.165) is 5.56 Å². The van der Waals surface area contributed by atoms with Gasteiger partial charge in [0.15, 0.2) is 0 Å². The summed E-state index contributed by atoms with van der Waals surface area (Å²) >= 11 is 5.85. The maximum atomic E-state index is 5.85. The van der Waals surface area contributed by atoms with E-state index < -0.39 is 0 Å². The van der Waals surface area contributed by atoms with E-state index in [2.05, 4.69) is 15.5 Å². The fourth-order valence-corrected chi connectivity index (χ4v) is 2.52. The van der Waals surface area contributed by atoms with Crippen molar-refractivity contribution in [2.75, 3.05) is 0 Å². The molecule has 0 amide bonds. The zero-order valence-electron chi connectivity index (χ0n) is 11.0. The lowest BCUT2D eigenvalue weighted by molar-refractivity contribution is 0.440. The Bertz CT molecular complexity index is 536. The van der Waals surface area contributed by atoms with Gasteiger partial charge >= 0.3 is 0 Å². The first-order valence-electron chi connectivity index (χ1n) is 6.63. The number of nitrogens with one attached hydrogen (secondary N) is 1. The van der Waals surface area contributed by atoms with Crippen molar-refractivity contribution in [2.45, 2.75) is 38.3 Å². The van der Waals surface area contributed by atoms with Gasteiger partial charge in [-0.1, -0.05) is 24.4 Å². The van der Waals surface area contributed by atoms with E-state index in [4.69, 9.17) is 16.0 Å². The molecule has 3 rings (SSSR count). The van der Waals surface area contributed by atoms with E-state index in [-0.39, 0.29) is 12.4 Å². The van der Waals surface area contributed by atoms with E-state index in [1.165, 1.54) is 25.7 Å². The molecule has 1 aliphatic carbocycles. The summed E-state index contributed by atoms with van der Waals surface area (Å²) in [6.07, 6.45) is 5.13. The fraction of sp³-hybridized carbons (Fsp3) is 0.429. The lowest BCUT2D eigenvalue weighted by Crippen LogP contribution is -2.25. The summed E-state index contributed by atoms with van der Waals surface area (Å²) in [4.78, 5) is 0. The van der Waals surface area contributed by atoms with Gasteiger partial charge < -0.3 is 9.73 Å². The first-order chi connectivity index (χ1) is 9.31. The Hall–Kier alpha value is -1.10. The first kappa shape index (κ1) is 15.3. The maximum Gasteiger partial charge on any atom is 0.247 e. The van der Waals surface area contributed by atoms with Crippen LogP contribution in [0.2, 0.25) is 5.02 Å². The molecule has 0 spiro atoms. The summed E-state index contributed by atoms with van der Waals surface area (Å²) in [5.41, 5.74) is 0.893. The lowest BCUT2D eigenvalue weighted by Gasteiger charge is -2.08. The molecule has 0 unspecified atom stereocenters. The Morgan fingerprint density at radius 2 is 1.85 bits per heavy atom. The van der Waals surface area contributed by atoms with Crippen LogP contribution in [0, 0.1) is 0 Å². The normalized spacial score (nSPS) is 15.2. The van der Waals surface area contributed by atoms with Crippen LogP contribution in [-0.4, -0.2) is 16.2 Å². The number of hydrogen-bond donors (Lipinski definition) is 1. The predicted molar refractivity (Wildman–Crippen MR) is 81.1 cm³/mol. The molecule has 108 valence electrons. The van der Waals surface area contributed by atoms with Crippen LogP contribution in [-0.2, 0) is 6.54 Å². The summed E-state index contributed by atoms with van der Waals surface area (Å²) in [6.45, 7) is 0.644. The van der Waals surface area contributed by atoms with Crippen molar-refractivity contribution in [1.82, 2.24) is 15.5 Å². The molecule has 1 aromatic heterocycles. The minimum Gasteiger partial charge on any atom is -0.419 e. The molecule has 0 saturated heterocycles. The molecule has 0 atom stereocenters. The number of nitrogens with zero attached hydrogens (tertiary/aromatic N) is 2. The van der Waals surface area contributed by atoms with Crippen molar-refractivity contribution in [2.24, 2.45) is 0 Å². The molecule has 0 aliphatic heterocycles. The summed E-state index contributed by atoms with van der Waals surface area (Å²) in [5, 5.41) is 12.3. The Morgan fingerprint density at radius 3 is 2.55 bits per heavy atom. The summed E-state index contributed by atoms with van der Waals surface area (Å²) in [5.74, 6) is 1.18. The summed E-state index contributed by atoms with van der Waals surface area (Å²) in [7, 11) is 0. The van der Waals surface area contributed by atoms with Crippen LogP contribution in [0.1, 0.15) is 31.6 Å². The van der Waals surface area contributed by atoms with Crippen molar-refractivity contribution in [1.29, 1.82) is 0 Å². The average Bonchev–Trinajstić information content (AvgIpc) is 3.09. The lowest BCUT2D eigenvalue weighted by atomic mass is 10.2. The fourth-order valence-electron chi connectivity index (χ4n) is 2.40. The molecule has 1 fully saturated rings. The molecule has 20 heavy (non-hydrogen) atoms. The number of aromatic nitrogens is 2. The monoisotopic (exact) mass is 313 g/mol. The second-order valence-electron chi connectivity index (χ2n) is 4.87. The van der Waals surface area contributed by atoms with E-state index in [1.54, 1.807) is 0 Å². The van der Waals surface area contributed by atoms with Gasteiger partial charge in [0.25, 0.3) is 0 Å². The quantitative estimate of drug-likeness (QED) is 0.931. The average molecular weight is 314 g/mol. The van der Waals surface area contributed by atoms with Crippen LogP contribution in [0.25, 0.3) is 11.5 Å². The number of benzene rings is 1. The van der Waals surface area contributed by atoms with Gasteiger partial charge in [0.1, 0.15) is 0 Å². The molecule has 1 saturated carbocycles. The molecule has 0 radical (unpaired) electrons. The van der Waals surface area contributed by atoms with Gasteiger partial charge in [-0.25, -0.2) is 0 Å². The van der Waals surface area contributed by atoms with Crippen LogP contribution in [0.4, 0.5) is 0 Å². The van der Waals surface area contributed by atoms with Crippen LogP contribution < -0.4 is 5.32 Å². The minimum absolute atomic E-state index is 0. The summed E-state index contributed by atoms with van der Waals surface area (Å²) < 4.78 is 5.64. The van der Waals surface area contributed by atoms with E-state index in [0.29, 0.717) is 29.4 Å². The molecule has 1 N–H and O–H groups in total. The Morgan fingerprint density at radius 1 is 1.15 bits per heavy atom. The summed E-state index contributed by atoms with van der Waals surface area (Å²) in [6, 6.07) is 7.99. The third-order valence-corrected chi connectivity index (χ3v) is 3.71. The first-order valence-corrected chi connectivity index (χ1v) is 7.01. The highest BCUT2D eigenvalue weighted by Gasteiger charge is 2.15. The van der Waals surface area contributed by atoms with Crippen molar-refractivity contribution in [3.05, 3.63) is 35.2 Å². The van der Waals surface area contributed by atoms with E-state index in [1.807, 2.05) is 24.3 Å². The van der Waals surface area contributed by atoms with Gasteiger partial charge in [0.05, 0.1) is 6.54 Å². The van der Waals surface area contributed by atoms with Crippen molar-refractivity contribution in [3.63, 3.8) is 0 Å². The van der Waals surface area contributed by atoms with Crippen LogP contribution in [0.15, 0.2) is 28.7 Å². The molecule has 6 heteroatoms. The standard InChI is InChI=1S/C14H16ClN3O.ClH/c15-11-7-5-10(6-8-11)14-18-17-13(19-14)9-16-12-3-1-2-4-12;/h5-8,12,16H,1-4,9H2;1H.